The molecule has 0 radical (unpaired) electrons. The predicted octanol–water partition coefficient (Wildman–Crippen LogP) is 4.31. The molecule has 0 fully saturated rings. The van der Waals surface area contributed by atoms with Gasteiger partial charge in [-0.05, 0) is 30.3 Å². The second-order valence-corrected chi connectivity index (χ2v) is 5.97. The number of pyridine rings is 1. The molecule has 0 bridgehead atoms. The number of anilines is 1. The molecule has 0 saturated heterocycles. The van der Waals surface area contributed by atoms with E-state index in [0.29, 0.717) is 10.2 Å². The van der Waals surface area contributed by atoms with Crippen LogP contribution in [-0.4, -0.2) is 25.5 Å². The number of alkyl halides is 3. The zero-order valence-electron chi connectivity index (χ0n) is 13.7. The van der Waals surface area contributed by atoms with Crippen molar-refractivity contribution in [2.24, 2.45) is 0 Å². The molecule has 0 spiro atoms. The zero-order chi connectivity index (χ0) is 19.9. The van der Waals surface area contributed by atoms with Gasteiger partial charge in [-0.25, -0.2) is 9.50 Å². The lowest BCUT2D eigenvalue weighted by molar-refractivity contribution is -0.142. The Hall–Kier alpha value is -3.40. The topological polar surface area (TPSA) is 85.3 Å². The Morgan fingerprint density at radius 1 is 1.25 bits per heavy atom. The standard InChI is InChI=1S/C17H9ClF3N5O2/c18-13-14(16(27)23-9-3-1-5-22-8-9)25-26-12(17(19,20)21)7-10(24-15(13)26)11-4-2-6-28-11/h1-8H,(H,23,27). The van der Waals surface area contributed by atoms with Gasteiger partial charge >= 0.3 is 6.18 Å². The molecule has 0 atom stereocenters. The number of halogens is 4. The molecule has 4 aromatic rings. The number of fused-ring (bicyclic) bond motifs is 1. The summed E-state index contributed by atoms with van der Waals surface area (Å²) in [6.07, 6.45) is -0.590. The molecule has 0 aliphatic carbocycles. The number of carbonyl (C=O) groups is 1. The smallest absolute Gasteiger partial charge is 0.433 e. The van der Waals surface area contributed by atoms with Gasteiger partial charge in [0.15, 0.2) is 22.8 Å². The number of hydrogen-bond acceptors (Lipinski definition) is 5. The van der Waals surface area contributed by atoms with Gasteiger partial charge in [-0.3, -0.25) is 9.78 Å². The molecule has 4 heterocycles. The summed E-state index contributed by atoms with van der Waals surface area (Å²) in [4.78, 5) is 20.4. The third-order valence-corrected chi connectivity index (χ3v) is 4.08. The molecule has 4 rings (SSSR count). The van der Waals surface area contributed by atoms with Crippen LogP contribution in [0.4, 0.5) is 18.9 Å². The minimum absolute atomic E-state index is 0.0918. The first-order valence-corrected chi connectivity index (χ1v) is 8.14. The third-order valence-electron chi connectivity index (χ3n) is 3.73. The average molecular weight is 408 g/mol. The van der Waals surface area contributed by atoms with E-state index in [2.05, 4.69) is 20.4 Å². The van der Waals surface area contributed by atoms with Crippen molar-refractivity contribution in [3.8, 4) is 11.5 Å². The SMILES string of the molecule is O=C(Nc1cccnc1)c1nn2c(C(F)(F)F)cc(-c3ccco3)nc2c1Cl. The summed E-state index contributed by atoms with van der Waals surface area (Å²) in [5.41, 5.74) is -1.63. The van der Waals surface area contributed by atoms with Crippen molar-refractivity contribution >= 4 is 28.8 Å². The molecule has 142 valence electrons. The maximum Gasteiger partial charge on any atom is 0.433 e. The number of rotatable bonds is 3. The lowest BCUT2D eigenvalue weighted by atomic mass is 10.2. The second-order valence-electron chi connectivity index (χ2n) is 5.60. The van der Waals surface area contributed by atoms with Gasteiger partial charge in [0.1, 0.15) is 10.7 Å². The summed E-state index contributed by atoms with van der Waals surface area (Å²) < 4.78 is 46.3. The highest BCUT2D eigenvalue weighted by molar-refractivity contribution is 6.37. The molecule has 1 N–H and O–H groups in total. The normalized spacial score (nSPS) is 11.7. The molecule has 0 aliphatic heterocycles. The summed E-state index contributed by atoms with van der Waals surface area (Å²) >= 11 is 6.15. The van der Waals surface area contributed by atoms with Crippen LogP contribution >= 0.6 is 11.6 Å². The summed E-state index contributed by atoms with van der Waals surface area (Å²) in [7, 11) is 0. The van der Waals surface area contributed by atoms with E-state index in [0.717, 1.165) is 6.07 Å². The van der Waals surface area contributed by atoms with Gasteiger partial charge in [-0.15, -0.1) is 0 Å². The molecule has 1 amide bonds. The molecule has 7 nitrogen and oxygen atoms in total. The van der Waals surface area contributed by atoms with Gasteiger partial charge in [0.2, 0.25) is 0 Å². The first-order chi connectivity index (χ1) is 13.3. The van der Waals surface area contributed by atoms with Crippen LogP contribution in [0, 0.1) is 0 Å². The highest BCUT2D eigenvalue weighted by Gasteiger charge is 2.37. The molecule has 0 saturated carbocycles. The van der Waals surface area contributed by atoms with E-state index < -0.39 is 23.5 Å². The Kier molecular flexibility index (Phi) is 4.27. The van der Waals surface area contributed by atoms with E-state index in [1.165, 1.54) is 30.8 Å². The van der Waals surface area contributed by atoms with Crippen molar-refractivity contribution in [2.75, 3.05) is 5.32 Å². The fraction of sp³-hybridized carbons (Fsp3) is 0.0588. The predicted molar refractivity (Wildman–Crippen MR) is 92.9 cm³/mol. The van der Waals surface area contributed by atoms with Gasteiger partial charge in [0, 0.05) is 6.20 Å². The fourth-order valence-corrected chi connectivity index (χ4v) is 2.76. The number of nitrogens with one attached hydrogen (secondary N) is 1. The van der Waals surface area contributed by atoms with Gasteiger partial charge < -0.3 is 9.73 Å². The van der Waals surface area contributed by atoms with Crippen LogP contribution in [0.1, 0.15) is 16.2 Å². The van der Waals surface area contributed by atoms with E-state index >= 15 is 0 Å². The molecular weight excluding hydrogens is 399 g/mol. The molecule has 0 aromatic carbocycles. The molecular formula is C17H9ClF3N5O2. The van der Waals surface area contributed by atoms with Gasteiger partial charge in [0.25, 0.3) is 5.91 Å². The highest BCUT2D eigenvalue weighted by Crippen LogP contribution is 2.34. The number of amides is 1. The molecule has 4 aromatic heterocycles. The number of nitrogens with zero attached hydrogens (tertiary/aromatic N) is 4. The maximum absolute atomic E-state index is 13.6. The van der Waals surface area contributed by atoms with E-state index in [9.17, 15) is 18.0 Å². The van der Waals surface area contributed by atoms with Crippen molar-refractivity contribution in [1.82, 2.24) is 19.6 Å². The van der Waals surface area contributed by atoms with Crippen LogP contribution in [-0.2, 0) is 6.18 Å². The Morgan fingerprint density at radius 3 is 2.71 bits per heavy atom. The quantitative estimate of drug-likeness (QED) is 0.547. The van der Waals surface area contributed by atoms with Crippen molar-refractivity contribution in [3.63, 3.8) is 0 Å². The van der Waals surface area contributed by atoms with Gasteiger partial charge in [0.05, 0.1) is 18.1 Å². The van der Waals surface area contributed by atoms with E-state index in [-0.39, 0.29) is 22.1 Å². The number of hydrogen-bond donors (Lipinski definition) is 1. The van der Waals surface area contributed by atoms with Gasteiger partial charge in [-0.1, -0.05) is 11.6 Å². The van der Waals surface area contributed by atoms with Crippen LogP contribution in [0.15, 0.2) is 53.4 Å². The van der Waals surface area contributed by atoms with Crippen LogP contribution in [0.3, 0.4) is 0 Å². The minimum Gasteiger partial charge on any atom is -0.463 e. The van der Waals surface area contributed by atoms with Crippen LogP contribution in [0.5, 0.6) is 0 Å². The summed E-state index contributed by atoms with van der Waals surface area (Å²) in [6.45, 7) is 0. The van der Waals surface area contributed by atoms with Crippen molar-refractivity contribution < 1.29 is 22.4 Å². The first-order valence-electron chi connectivity index (χ1n) is 7.76. The first kappa shape index (κ1) is 18.0. The fourth-order valence-electron chi connectivity index (χ4n) is 2.52. The molecule has 11 heteroatoms. The lowest BCUT2D eigenvalue weighted by Gasteiger charge is -2.09. The van der Waals surface area contributed by atoms with Crippen LogP contribution in [0.2, 0.25) is 5.02 Å². The zero-order valence-corrected chi connectivity index (χ0v) is 14.5. The Bertz CT molecular complexity index is 1160. The van der Waals surface area contributed by atoms with Crippen LogP contribution in [0.25, 0.3) is 17.1 Å². The Balaban J connectivity index is 1.86. The second kappa shape index (κ2) is 6.64. The average Bonchev–Trinajstić information content (AvgIpc) is 3.30. The summed E-state index contributed by atoms with van der Waals surface area (Å²) in [5.74, 6) is -0.678. The Labute approximate surface area is 159 Å². The molecule has 28 heavy (non-hydrogen) atoms. The molecule has 0 aliphatic rings. The number of carbonyl (C=O) groups excluding carboxylic acids is 1. The number of furan rings is 1. The lowest BCUT2D eigenvalue weighted by Crippen LogP contribution is -2.15. The number of aromatic nitrogens is 4. The maximum atomic E-state index is 13.6. The summed E-state index contributed by atoms with van der Waals surface area (Å²) in [5, 5.41) is 5.89. The van der Waals surface area contributed by atoms with E-state index in [4.69, 9.17) is 16.0 Å². The van der Waals surface area contributed by atoms with Crippen molar-refractivity contribution in [2.45, 2.75) is 6.18 Å². The van der Waals surface area contributed by atoms with Crippen molar-refractivity contribution in [3.05, 3.63) is 65.4 Å². The Morgan fingerprint density at radius 2 is 2.07 bits per heavy atom. The largest absolute Gasteiger partial charge is 0.463 e. The highest BCUT2D eigenvalue weighted by atomic mass is 35.5. The van der Waals surface area contributed by atoms with E-state index in [1.807, 2.05) is 0 Å². The third kappa shape index (κ3) is 3.18. The monoisotopic (exact) mass is 407 g/mol. The molecule has 0 unspecified atom stereocenters. The van der Waals surface area contributed by atoms with Crippen LogP contribution < -0.4 is 5.32 Å². The van der Waals surface area contributed by atoms with Gasteiger partial charge in [-0.2, -0.15) is 18.3 Å². The van der Waals surface area contributed by atoms with Crippen molar-refractivity contribution in [1.29, 1.82) is 0 Å². The van der Waals surface area contributed by atoms with E-state index in [1.54, 1.807) is 12.1 Å². The summed E-state index contributed by atoms with van der Waals surface area (Å²) in [6, 6.07) is 6.89. The minimum atomic E-state index is -4.77.